The summed E-state index contributed by atoms with van der Waals surface area (Å²) in [5, 5.41) is 10.3. The Morgan fingerprint density at radius 3 is 2.91 bits per heavy atom. The summed E-state index contributed by atoms with van der Waals surface area (Å²) in [6, 6.07) is 0.244. The van der Waals surface area contributed by atoms with Gasteiger partial charge in [-0.25, -0.2) is 9.61 Å². The molecule has 2 aromatic rings. The minimum absolute atomic E-state index is 0.235. The Bertz CT molecular complexity index is 679. The van der Waals surface area contributed by atoms with Gasteiger partial charge in [0.15, 0.2) is 5.69 Å². The Morgan fingerprint density at radius 1 is 1.43 bits per heavy atom. The molecular weight excluding hydrogens is 296 g/mol. The van der Waals surface area contributed by atoms with Gasteiger partial charge in [0.2, 0.25) is 0 Å². The summed E-state index contributed by atoms with van der Waals surface area (Å²) in [4.78, 5) is 18.8. The molecule has 1 saturated heterocycles. The van der Waals surface area contributed by atoms with E-state index in [9.17, 15) is 4.79 Å². The molecule has 8 nitrogen and oxygen atoms in total. The van der Waals surface area contributed by atoms with Gasteiger partial charge in [-0.2, -0.15) is 0 Å². The Labute approximate surface area is 134 Å². The van der Waals surface area contributed by atoms with Gasteiger partial charge in [-0.05, 0) is 44.4 Å². The maximum atomic E-state index is 12.2. The number of aryl methyl sites for hydroxylation is 2. The first-order chi connectivity index (χ1) is 11.1. The molecule has 0 aromatic carbocycles. The zero-order valence-corrected chi connectivity index (χ0v) is 13.7. The third-order valence-electron chi connectivity index (χ3n) is 4.56. The largest absolute Gasteiger partial charge is 0.350 e. The first-order valence-corrected chi connectivity index (χ1v) is 7.81. The van der Waals surface area contributed by atoms with Gasteiger partial charge in [-0.1, -0.05) is 5.16 Å². The summed E-state index contributed by atoms with van der Waals surface area (Å²) in [6.45, 7) is 3.34. The third kappa shape index (κ3) is 3.12. The van der Waals surface area contributed by atoms with Crippen molar-refractivity contribution in [1.29, 1.82) is 0 Å². The summed E-state index contributed by atoms with van der Waals surface area (Å²) < 4.78 is 6.64. The fourth-order valence-electron chi connectivity index (χ4n) is 3.34. The molecule has 1 aliphatic heterocycles. The second-order valence-corrected chi connectivity index (χ2v) is 6.17. The van der Waals surface area contributed by atoms with Crippen molar-refractivity contribution >= 4 is 5.91 Å². The van der Waals surface area contributed by atoms with Crippen LogP contribution in [-0.2, 0) is 7.05 Å². The maximum Gasteiger partial charge on any atom is 0.275 e. The number of hydrogen-bond donors (Lipinski definition) is 1. The van der Waals surface area contributed by atoms with E-state index in [1.165, 1.54) is 5.69 Å². The van der Waals surface area contributed by atoms with Crippen molar-refractivity contribution < 1.29 is 9.42 Å². The van der Waals surface area contributed by atoms with E-state index >= 15 is 0 Å². The third-order valence-corrected chi connectivity index (χ3v) is 4.56. The number of carbonyl (C=O) groups is 1. The van der Waals surface area contributed by atoms with Crippen LogP contribution in [0.3, 0.4) is 0 Å². The van der Waals surface area contributed by atoms with Gasteiger partial charge in [-0.15, -0.1) is 0 Å². The Balaban J connectivity index is 1.71. The fourth-order valence-corrected chi connectivity index (χ4v) is 3.34. The van der Waals surface area contributed by atoms with Crippen molar-refractivity contribution in [3.8, 4) is 0 Å². The molecule has 1 fully saturated rings. The van der Waals surface area contributed by atoms with Gasteiger partial charge in [-0.3, -0.25) is 9.69 Å². The number of nitrogens with zero attached hydrogens (tertiary/aromatic N) is 5. The van der Waals surface area contributed by atoms with Crippen molar-refractivity contribution in [3.63, 3.8) is 0 Å². The molecule has 1 N–H and O–H groups in total. The highest BCUT2D eigenvalue weighted by Crippen LogP contribution is 2.34. The minimum Gasteiger partial charge on any atom is -0.350 e. The van der Waals surface area contributed by atoms with Gasteiger partial charge < -0.3 is 9.88 Å². The highest BCUT2D eigenvalue weighted by atomic mass is 16.6. The summed E-state index contributed by atoms with van der Waals surface area (Å²) in [5.41, 5.74) is 1.93. The van der Waals surface area contributed by atoms with Crippen LogP contribution in [0.4, 0.5) is 0 Å². The Hall–Kier alpha value is -2.22. The molecule has 3 rings (SSSR count). The van der Waals surface area contributed by atoms with E-state index in [0.717, 1.165) is 19.4 Å². The normalized spacial score (nSPS) is 22.2. The standard InChI is InChI=1S/C15H22N6O2/c1-10-13(19-23-18-10)15(22)17-7-11-5-4-6-20(2)14(11)12-8-16-9-21(12)3/h8-9,11,14H,4-7H2,1-3H3,(H,17,22)/t11-,14+/m0/s1. The molecule has 124 valence electrons. The summed E-state index contributed by atoms with van der Waals surface area (Å²) in [7, 11) is 4.13. The van der Waals surface area contributed by atoms with E-state index < -0.39 is 0 Å². The predicted octanol–water partition coefficient (Wildman–Crippen LogP) is 0.924. The molecule has 0 unspecified atom stereocenters. The molecule has 0 bridgehead atoms. The van der Waals surface area contributed by atoms with Crippen molar-refractivity contribution in [2.75, 3.05) is 20.1 Å². The van der Waals surface area contributed by atoms with E-state index in [1.54, 1.807) is 6.92 Å². The lowest BCUT2D eigenvalue weighted by Gasteiger charge is -2.39. The number of aromatic nitrogens is 4. The van der Waals surface area contributed by atoms with Crippen molar-refractivity contribution in [3.05, 3.63) is 29.6 Å². The van der Waals surface area contributed by atoms with Crippen molar-refractivity contribution in [2.24, 2.45) is 13.0 Å². The van der Waals surface area contributed by atoms with Crippen molar-refractivity contribution in [1.82, 2.24) is 30.1 Å². The molecule has 1 amide bonds. The average Bonchev–Trinajstić information content (AvgIpc) is 3.13. The summed E-state index contributed by atoms with van der Waals surface area (Å²) in [6.07, 6.45) is 5.91. The molecule has 8 heteroatoms. The number of rotatable bonds is 4. The second kappa shape index (κ2) is 6.49. The number of carbonyl (C=O) groups excluding carboxylic acids is 1. The number of piperidine rings is 1. The van der Waals surface area contributed by atoms with Crippen LogP contribution in [0.2, 0.25) is 0 Å². The second-order valence-electron chi connectivity index (χ2n) is 6.17. The summed E-state index contributed by atoms with van der Waals surface area (Å²) >= 11 is 0. The van der Waals surface area contributed by atoms with Crippen LogP contribution in [-0.4, -0.2) is 50.8 Å². The minimum atomic E-state index is -0.235. The van der Waals surface area contributed by atoms with Crippen LogP contribution in [0.15, 0.2) is 17.2 Å². The van der Waals surface area contributed by atoms with Gasteiger partial charge in [0.05, 0.1) is 18.1 Å². The lowest BCUT2D eigenvalue weighted by molar-refractivity contribution is 0.0873. The van der Waals surface area contributed by atoms with Gasteiger partial charge in [0.25, 0.3) is 5.91 Å². The lowest BCUT2D eigenvalue weighted by atomic mass is 9.87. The van der Waals surface area contributed by atoms with E-state index in [0.29, 0.717) is 18.2 Å². The van der Waals surface area contributed by atoms with Gasteiger partial charge in [0.1, 0.15) is 5.69 Å². The molecule has 3 heterocycles. The van der Waals surface area contributed by atoms with Crippen molar-refractivity contribution in [2.45, 2.75) is 25.8 Å². The topological polar surface area (TPSA) is 89.1 Å². The first kappa shape index (κ1) is 15.7. The molecule has 2 aromatic heterocycles. The molecule has 2 atom stereocenters. The molecule has 23 heavy (non-hydrogen) atoms. The van der Waals surface area contributed by atoms with E-state index in [-0.39, 0.29) is 17.6 Å². The molecular formula is C15H22N6O2. The zero-order chi connectivity index (χ0) is 16.4. The smallest absolute Gasteiger partial charge is 0.275 e. The number of hydrogen-bond acceptors (Lipinski definition) is 6. The fraction of sp³-hybridized carbons (Fsp3) is 0.600. The van der Waals surface area contributed by atoms with Crippen LogP contribution >= 0.6 is 0 Å². The predicted molar refractivity (Wildman–Crippen MR) is 82.7 cm³/mol. The van der Waals surface area contributed by atoms with Crippen LogP contribution < -0.4 is 5.32 Å². The molecule has 0 aliphatic carbocycles. The highest BCUT2D eigenvalue weighted by Gasteiger charge is 2.32. The van der Waals surface area contributed by atoms with Gasteiger partial charge >= 0.3 is 0 Å². The van der Waals surface area contributed by atoms with Crippen LogP contribution in [0.5, 0.6) is 0 Å². The molecule has 1 aliphatic rings. The first-order valence-electron chi connectivity index (χ1n) is 7.81. The lowest BCUT2D eigenvalue weighted by Crippen LogP contribution is -2.42. The Kier molecular flexibility index (Phi) is 4.42. The van der Waals surface area contributed by atoms with Crippen LogP contribution in [0, 0.1) is 12.8 Å². The molecule has 0 saturated carbocycles. The van der Waals surface area contributed by atoms with Gasteiger partial charge in [0, 0.05) is 19.8 Å². The maximum absolute atomic E-state index is 12.2. The summed E-state index contributed by atoms with van der Waals surface area (Å²) in [5.74, 6) is 0.0917. The highest BCUT2D eigenvalue weighted by molar-refractivity contribution is 5.92. The van der Waals surface area contributed by atoms with E-state index in [1.807, 2.05) is 24.1 Å². The molecule has 0 spiro atoms. The number of nitrogens with one attached hydrogen (secondary N) is 1. The Morgan fingerprint density at radius 2 is 2.26 bits per heavy atom. The van der Waals surface area contributed by atoms with E-state index in [4.69, 9.17) is 0 Å². The van der Waals surface area contributed by atoms with Crippen LogP contribution in [0.25, 0.3) is 0 Å². The van der Waals surface area contributed by atoms with E-state index in [2.05, 4.69) is 37.2 Å². The van der Waals surface area contributed by atoms with Crippen LogP contribution in [0.1, 0.15) is 40.8 Å². The number of amides is 1. The number of likely N-dealkylation sites (tertiary alicyclic amines) is 1. The SMILES string of the molecule is Cc1nonc1C(=O)NC[C@@H]1CCCN(C)[C@H]1c1cncn1C. The monoisotopic (exact) mass is 318 g/mol. The quantitative estimate of drug-likeness (QED) is 0.902. The molecule has 0 radical (unpaired) electrons. The zero-order valence-electron chi connectivity index (χ0n) is 13.7. The number of imidazole rings is 1. The average molecular weight is 318 g/mol.